The molecular weight excluding hydrogens is 712 g/mol. The van der Waals surface area contributed by atoms with E-state index in [1.54, 1.807) is 0 Å². The molecule has 0 radical (unpaired) electrons. The van der Waals surface area contributed by atoms with Crippen molar-refractivity contribution in [3.8, 4) is 22.3 Å². The van der Waals surface area contributed by atoms with Crippen LogP contribution in [0.15, 0.2) is 78.9 Å². The summed E-state index contributed by atoms with van der Waals surface area (Å²) in [5, 5.41) is 9.67. The summed E-state index contributed by atoms with van der Waals surface area (Å²) in [5.74, 6) is 0. The van der Waals surface area contributed by atoms with Crippen LogP contribution in [-0.4, -0.2) is 9.97 Å². The van der Waals surface area contributed by atoms with Crippen LogP contribution in [0.25, 0.3) is 67.5 Å². The summed E-state index contributed by atoms with van der Waals surface area (Å²) in [6.45, 7) is 27.1. The van der Waals surface area contributed by atoms with Crippen LogP contribution >= 0.6 is 0 Å². The predicted octanol–water partition coefficient (Wildman–Crippen LogP) is 12.0. The van der Waals surface area contributed by atoms with Gasteiger partial charge >= 0.3 is 19.5 Å². The second-order valence-electron chi connectivity index (χ2n) is 18.9. The molecule has 8 bridgehead atoms. The van der Waals surface area contributed by atoms with Gasteiger partial charge in [0.25, 0.3) is 0 Å². The smallest absolute Gasteiger partial charge is 0.657 e. The monoisotopic (exact) mass is 763 g/mol. The quantitative estimate of drug-likeness (QED) is 0.172. The molecule has 0 spiro atoms. The summed E-state index contributed by atoms with van der Waals surface area (Å²) in [6, 6.07) is 28.4. The Hall–Kier alpha value is -4.54. The van der Waals surface area contributed by atoms with Gasteiger partial charge in [0.05, 0.1) is 16.7 Å². The van der Waals surface area contributed by atoms with Crippen LogP contribution in [0.4, 0.5) is 0 Å². The maximum atomic E-state index is 9.37. The molecule has 5 nitrogen and oxygen atoms in total. The first-order chi connectivity index (χ1) is 24.6. The number of rotatable bonds is 2. The Bertz CT molecular complexity index is 2550. The van der Waals surface area contributed by atoms with Crippen LogP contribution < -0.4 is 15.3 Å². The molecule has 0 saturated heterocycles. The number of fused-ring (bicyclic) bond motifs is 8. The van der Waals surface area contributed by atoms with E-state index in [0.717, 1.165) is 55.5 Å². The van der Waals surface area contributed by atoms with E-state index in [4.69, 9.17) is 15.0 Å². The molecule has 6 aromatic rings. The second kappa shape index (κ2) is 13.6. The second-order valence-corrected chi connectivity index (χ2v) is 18.9. The maximum absolute atomic E-state index is 9.37. The molecule has 272 valence electrons. The Balaban J connectivity index is 0.00000497. The van der Waals surface area contributed by atoms with Gasteiger partial charge in [-0.15, -0.1) is 22.1 Å². The van der Waals surface area contributed by atoms with Crippen LogP contribution in [0, 0.1) is 5.41 Å². The molecule has 2 N–H and O–H groups in total. The Morgan fingerprint density at radius 2 is 0.963 bits per heavy atom. The Morgan fingerprint density at radius 3 is 1.50 bits per heavy atom. The molecule has 6 heteroatoms. The van der Waals surface area contributed by atoms with E-state index in [1.165, 1.54) is 22.3 Å². The Morgan fingerprint density at radius 1 is 0.500 bits per heavy atom. The zero-order valence-corrected chi connectivity index (χ0v) is 37.2. The minimum atomic E-state index is -0.0509. The van der Waals surface area contributed by atoms with Gasteiger partial charge in [-0.3, -0.25) is 5.41 Å². The maximum Gasteiger partial charge on any atom is 2.00 e. The van der Waals surface area contributed by atoms with E-state index in [9.17, 15) is 5.41 Å². The van der Waals surface area contributed by atoms with E-state index < -0.39 is 0 Å². The van der Waals surface area contributed by atoms with E-state index in [0.29, 0.717) is 16.6 Å². The minimum Gasteiger partial charge on any atom is -0.657 e. The first kappa shape index (κ1) is 39.2. The fourth-order valence-electron chi connectivity index (χ4n) is 6.96. The Kier molecular flexibility index (Phi) is 9.89. The van der Waals surface area contributed by atoms with Crippen molar-refractivity contribution in [1.82, 2.24) is 19.9 Å². The molecule has 54 heavy (non-hydrogen) atoms. The van der Waals surface area contributed by atoms with Crippen LogP contribution in [-0.2, 0) is 41.1 Å². The van der Waals surface area contributed by atoms with Crippen LogP contribution in [0.1, 0.15) is 117 Å². The third-order valence-electron chi connectivity index (χ3n) is 10.4. The molecule has 0 aliphatic carbocycles. The van der Waals surface area contributed by atoms with Gasteiger partial charge in [0.15, 0.2) is 0 Å². The number of nitrogens with zero attached hydrogens (tertiary/aromatic N) is 3. The molecule has 4 aromatic heterocycles. The molecule has 0 atom stereocenters. The van der Waals surface area contributed by atoms with Crippen molar-refractivity contribution in [2.75, 3.05) is 0 Å². The average Bonchev–Trinajstić information content (AvgIpc) is 3.88. The number of benzene rings is 2. The van der Waals surface area contributed by atoms with Gasteiger partial charge in [-0.1, -0.05) is 150 Å². The first-order valence-corrected chi connectivity index (χ1v) is 18.8. The van der Waals surface area contributed by atoms with E-state index in [1.807, 2.05) is 24.3 Å². The van der Waals surface area contributed by atoms with Gasteiger partial charge in [0.2, 0.25) is 0 Å². The van der Waals surface area contributed by atoms with Crippen LogP contribution in [0.5, 0.6) is 0 Å². The molecule has 7 rings (SSSR count). The SMILES string of the molecule is CC(C)(C)c1cc(-c2c3nc(c(=N)c4ccc([n-]4)c(-c4cc(C(C)(C)C)cc(C(C)(C)C)c4)c4ccc(cc5ccc2[n-]5)[nH]4)C=C3)cc(C(C)(C)C)c1.[Zn+2]. The van der Waals surface area contributed by atoms with Crippen molar-refractivity contribution in [3.63, 3.8) is 0 Å². The van der Waals surface area contributed by atoms with Crippen molar-refractivity contribution in [1.29, 1.82) is 5.41 Å². The average molecular weight is 765 g/mol. The van der Waals surface area contributed by atoms with Gasteiger partial charge in [0, 0.05) is 11.0 Å². The summed E-state index contributed by atoms with van der Waals surface area (Å²) in [5.41, 5.74) is 15.4. The van der Waals surface area contributed by atoms with Crippen LogP contribution in [0.2, 0.25) is 0 Å². The number of hydrogen-bond donors (Lipinski definition) is 2. The standard InChI is InChI=1S/C48H53N5.Zn/c1-45(2,3)30-21-28(22-31(25-30)46(4,5)6)42-36-15-13-34(50-36)27-35-14-16-37(51-35)43(29-23-32(47(7,8)9)26-33(24-29)48(10,11)12)39-18-20-41(53-39)44(49)40-19-17-38(42)52-40;/h13-27,49-50H,1-12H3;/q-2;+2. The number of H-pyrrole nitrogens is 1. The molecule has 0 fully saturated rings. The van der Waals surface area contributed by atoms with E-state index >= 15 is 0 Å². The van der Waals surface area contributed by atoms with Gasteiger partial charge < -0.3 is 15.0 Å². The molecule has 5 heterocycles. The fraction of sp³-hybridized carbons (Fsp3) is 0.333. The molecule has 0 unspecified atom stereocenters. The van der Waals surface area contributed by atoms with Gasteiger partial charge in [-0.05, 0) is 90.5 Å². The molecule has 1 aliphatic rings. The van der Waals surface area contributed by atoms with Crippen LogP contribution in [0.3, 0.4) is 0 Å². The molecule has 2 aromatic carbocycles. The summed E-state index contributed by atoms with van der Waals surface area (Å²) in [6.07, 6.45) is 3.97. The summed E-state index contributed by atoms with van der Waals surface area (Å²) in [4.78, 5) is 19.2. The largest absolute Gasteiger partial charge is 2.00 e. The molecule has 0 amide bonds. The number of nitrogens with one attached hydrogen (secondary N) is 2. The van der Waals surface area contributed by atoms with Gasteiger partial charge in [-0.25, -0.2) is 4.98 Å². The zero-order valence-electron chi connectivity index (χ0n) is 34.2. The van der Waals surface area contributed by atoms with Crippen molar-refractivity contribution < 1.29 is 19.5 Å². The fourth-order valence-corrected chi connectivity index (χ4v) is 6.96. The van der Waals surface area contributed by atoms with Crippen molar-refractivity contribution in [2.24, 2.45) is 0 Å². The van der Waals surface area contributed by atoms with Crippen molar-refractivity contribution in [3.05, 3.63) is 118 Å². The van der Waals surface area contributed by atoms with Gasteiger partial charge in [-0.2, -0.15) is 0 Å². The number of aromatic amines is 1. The number of hydrogen-bond acceptors (Lipinski definition) is 2. The number of aromatic nitrogens is 4. The normalized spacial score (nSPS) is 13.0. The third kappa shape index (κ3) is 7.69. The Labute approximate surface area is 333 Å². The minimum absolute atomic E-state index is 0. The van der Waals surface area contributed by atoms with Gasteiger partial charge in [0.1, 0.15) is 0 Å². The summed E-state index contributed by atoms with van der Waals surface area (Å²) < 4.78 is 0. The third-order valence-corrected chi connectivity index (χ3v) is 10.4. The molecule has 0 saturated carbocycles. The summed E-state index contributed by atoms with van der Waals surface area (Å²) >= 11 is 0. The summed E-state index contributed by atoms with van der Waals surface area (Å²) in [7, 11) is 0. The van der Waals surface area contributed by atoms with E-state index in [2.05, 4.69) is 155 Å². The topological polar surface area (TPSA) is 80.7 Å². The molecular formula is C48H53N5Zn. The predicted molar refractivity (Wildman–Crippen MR) is 225 cm³/mol. The van der Waals surface area contributed by atoms with E-state index in [-0.39, 0.29) is 41.1 Å². The molecule has 1 aliphatic heterocycles. The van der Waals surface area contributed by atoms with Crippen molar-refractivity contribution in [2.45, 2.75) is 105 Å². The van der Waals surface area contributed by atoms with Crippen molar-refractivity contribution >= 4 is 45.3 Å². The zero-order chi connectivity index (χ0) is 38.2. The first-order valence-electron chi connectivity index (χ1n) is 18.8.